The van der Waals surface area contributed by atoms with Crippen molar-refractivity contribution < 1.29 is 18.8 Å². The van der Waals surface area contributed by atoms with Crippen LogP contribution in [-0.4, -0.2) is 26.9 Å². The highest BCUT2D eigenvalue weighted by Gasteiger charge is 2.50. The summed E-state index contributed by atoms with van der Waals surface area (Å²) < 4.78 is 11.2. The van der Waals surface area contributed by atoms with Gasteiger partial charge in [-0.1, -0.05) is 88.4 Å². The van der Waals surface area contributed by atoms with Gasteiger partial charge in [-0.3, -0.25) is 4.79 Å². The van der Waals surface area contributed by atoms with Crippen LogP contribution in [0.25, 0.3) is 0 Å². The average Bonchev–Trinajstić information content (AvgIpc) is 2.62. The quantitative estimate of drug-likeness (QED) is 0.446. The molecule has 0 radical (unpaired) electrons. The molecule has 2 aromatic carbocycles. The smallest absolute Gasteiger partial charge is 0.338 e. The lowest BCUT2D eigenvalue weighted by molar-refractivity contribution is -0.160. The predicted molar refractivity (Wildman–Crippen MR) is 105 cm³/mol. The van der Waals surface area contributed by atoms with Crippen LogP contribution in [0.3, 0.4) is 0 Å². The molecule has 0 saturated heterocycles. The van der Waals surface area contributed by atoms with E-state index in [2.05, 4.69) is 20.8 Å². The van der Waals surface area contributed by atoms with Gasteiger partial charge in [0.15, 0.2) is 0 Å². The zero-order valence-electron chi connectivity index (χ0n) is 15.8. The van der Waals surface area contributed by atoms with Crippen LogP contribution >= 0.6 is 0 Å². The normalized spacial score (nSPS) is 11.8. The molecule has 0 aliphatic rings. The second kappa shape index (κ2) is 8.43. The molecule has 0 saturated carbocycles. The lowest BCUT2D eigenvalue weighted by Crippen LogP contribution is -2.67. The molecule has 0 atom stereocenters. The van der Waals surface area contributed by atoms with Crippen molar-refractivity contribution in [2.45, 2.75) is 39.2 Å². The zero-order valence-corrected chi connectivity index (χ0v) is 16.8. The van der Waals surface area contributed by atoms with E-state index in [-0.39, 0.29) is 18.1 Å². The van der Waals surface area contributed by atoms with E-state index in [0.717, 1.165) is 10.4 Å². The van der Waals surface area contributed by atoms with E-state index in [9.17, 15) is 9.59 Å². The van der Waals surface area contributed by atoms with Crippen LogP contribution in [0.2, 0.25) is 5.04 Å². The molecule has 138 valence electrons. The molecule has 0 unspecified atom stereocenters. The van der Waals surface area contributed by atoms with E-state index in [0.29, 0.717) is 0 Å². The van der Waals surface area contributed by atoms with Gasteiger partial charge in [-0.25, -0.2) is 4.79 Å². The minimum absolute atomic E-state index is 0.158. The van der Waals surface area contributed by atoms with E-state index in [1.807, 2.05) is 60.7 Å². The third-order valence-electron chi connectivity index (χ3n) is 4.34. The molecule has 0 aliphatic carbocycles. The van der Waals surface area contributed by atoms with Crippen molar-refractivity contribution in [2.75, 3.05) is 6.61 Å². The van der Waals surface area contributed by atoms with Crippen LogP contribution in [0.15, 0.2) is 60.7 Å². The minimum atomic E-state index is -2.79. The molecule has 0 amide bonds. The summed E-state index contributed by atoms with van der Waals surface area (Å²) in [7, 11) is -2.79. The fourth-order valence-corrected chi connectivity index (χ4v) is 7.65. The van der Waals surface area contributed by atoms with Gasteiger partial charge in [0.1, 0.15) is 6.61 Å². The summed E-state index contributed by atoms with van der Waals surface area (Å²) in [4.78, 5) is 23.5. The Kier molecular flexibility index (Phi) is 6.50. The largest absolute Gasteiger partial charge is 0.396 e. The van der Waals surface area contributed by atoms with E-state index < -0.39 is 20.3 Å². The van der Waals surface area contributed by atoms with Crippen LogP contribution in [0, 0.1) is 0 Å². The molecule has 2 rings (SSSR count). The fourth-order valence-electron chi connectivity index (χ4n) is 3.16. The molecule has 0 spiro atoms. The molecule has 0 bridgehead atoms. The van der Waals surface area contributed by atoms with Gasteiger partial charge in [0.05, 0.1) is 0 Å². The lowest BCUT2D eigenvalue weighted by Gasteiger charge is -2.42. The summed E-state index contributed by atoms with van der Waals surface area (Å²) >= 11 is 0. The highest BCUT2D eigenvalue weighted by Crippen LogP contribution is 2.36. The van der Waals surface area contributed by atoms with Crippen LogP contribution in [-0.2, 0) is 18.8 Å². The van der Waals surface area contributed by atoms with Crippen molar-refractivity contribution in [2.24, 2.45) is 0 Å². The maximum atomic E-state index is 12.1. The van der Waals surface area contributed by atoms with Gasteiger partial charge >= 0.3 is 11.9 Å². The average molecular weight is 371 g/mol. The number of carbonyl (C=O) groups is 2. The lowest BCUT2D eigenvalue weighted by atomic mass is 10.2. The number of hydrogen-bond acceptors (Lipinski definition) is 4. The summed E-state index contributed by atoms with van der Waals surface area (Å²) in [6, 6.07) is 20.0. The van der Waals surface area contributed by atoms with Gasteiger partial charge < -0.3 is 9.16 Å². The Morgan fingerprint density at radius 2 is 1.31 bits per heavy atom. The Bertz CT molecular complexity index is 696. The van der Waals surface area contributed by atoms with Crippen molar-refractivity contribution in [3.05, 3.63) is 60.7 Å². The monoisotopic (exact) mass is 370 g/mol. The molecule has 0 N–H and O–H groups in total. The highest BCUT2D eigenvalue weighted by molar-refractivity contribution is 6.99. The third-order valence-corrected chi connectivity index (χ3v) is 9.32. The maximum absolute atomic E-state index is 12.1. The van der Waals surface area contributed by atoms with Crippen molar-refractivity contribution in [1.82, 2.24) is 0 Å². The Hall–Kier alpha value is -2.24. The van der Waals surface area contributed by atoms with Gasteiger partial charge in [0.2, 0.25) is 0 Å². The van der Waals surface area contributed by atoms with E-state index in [1.54, 1.807) is 6.92 Å². The maximum Gasteiger partial charge on any atom is 0.338 e. The van der Waals surface area contributed by atoms with E-state index in [4.69, 9.17) is 9.16 Å². The second-order valence-electron chi connectivity index (χ2n) is 7.15. The van der Waals surface area contributed by atoms with Gasteiger partial charge in [-0.2, -0.15) is 0 Å². The number of carbonyl (C=O) groups excluding carboxylic acids is 2. The Morgan fingerprint density at radius 3 is 1.69 bits per heavy atom. The third kappa shape index (κ3) is 4.29. The Labute approximate surface area is 156 Å². The minimum Gasteiger partial charge on any atom is -0.396 e. The molecule has 0 heterocycles. The van der Waals surface area contributed by atoms with Crippen molar-refractivity contribution in [1.29, 1.82) is 0 Å². The van der Waals surface area contributed by atoms with Crippen LogP contribution in [0.1, 0.15) is 34.1 Å². The van der Waals surface area contributed by atoms with E-state index in [1.165, 1.54) is 0 Å². The molecule has 2 aromatic rings. The van der Waals surface area contributed by atoms with Crippen LogP contribution in [0.4, 0.5) is 0 Å². The summed E-state index contributed by atoms with van der Waals surface area (Å²) in [5.74, 6) is -1.19. The Balaban J connectivity index is 2.47. The molecule has 26 heavy (non-hydrogen) atoms. The molecule has 5 heteroatoms. The topological polar surface area (TPSA) is 52.6 Å². The van der Waals surface area contributed by atoms with Crippen molar-refractivity contribution in [3.8, 4) is 0 Å². The van der Waals surface area contributed by atoms with Gasteiger partial charge in [0, 0.05) is 6.42 Å². The van der Waals surface area contributed by atoms with Crippen molar-refractivity contribution in [3.63, 3.8) is 0 Å². The molecule has 0 fully saturated rings. The standard InChI is InChI=1S/C21H26O4Si/c1-5-19(22)25-20(23)16-24-26(21(2,3)4,17-12-8-6-9-13-17)18-14-10-7-11-15-18/h6-15H,5,16H2,1-4H3. The van der Waals surface area contributed by atoms with Crippen LogP contribution in [0.5, 0.6) is 0 Å². The number of rotatable bonds is 6. The Morgan fingerprint density at radius 1 is 0.846 bits per heavy atom. The summed E-state index contributed by atoms with van der Waals surface area (Å²) in [5.41, 5.74) is 0. The SMILES string of the molecule is CCC(=O)OC(=O)CO[Si](c1ccccc1)(c1ccccc1)C(C)(C)C. The summed E-state index contributed by atoms with van der Waals surface area (Å²) in [6.45, 7) is 7.78. The molecule has 0 aliphatic heterocycles. The first-order chi connectivity index (χ1) is 12.3. The van der Waals surface area contributed by atoms with E-state index >= 15 is 0 Å². The molecular weight excluding hydrogens is 344 g/mol. The number of ether oxygens (including phenoxy) is 1. The van der Waals surface area contributed by atoms with Crippen LogP contribution < -0.4 is 10.4 Å². The molecule has 4 nitrogen and oxygen atoms in total. The van der Waals surface area contributed by atoms with Gasteiger partial charge in [-0.15, -0.1) is 0 Å². The first-order valence-corrected chi connectivity index (χ1v) is 10.7. The summed E-state index contributed by atoms with van der Waals surface area (Å²) in [5, 5.41) is 1.92. The zero-order chi connectivity index (χ0) is 19.2. The van der Waals surface area contributed by atoms with Crippen molar-refractivity contribution >= 4 is 30.6 Å². The first-order valence-electron chi connectivity index (χ1n) is 8.79. The predicted octanol–water partition coefficient (Wildman–Crippen LogP) is 3.04. The number of esters is 2. The molecular formula is C21H26O4Si. The first kappa shape index (κ1) is 20.1. The molecule has 0 aromatic heterocycles. The second-order valence-corrected chi connectivity index (χ2v) is 11.5. The highest BCUT2D eigenvalue weighted by atomic mass is 28.4. The van der Waals surface area contributed by atoms with Gasteiger partial charge in [-0.05, 0) is 15.4 Å². The fraction of sp³-hybridized carbons (Fsp3) is 0.333. The summed E-state index contributed by atoms with van der Waals surface area (Å²) in [6.07, 6.45) is 0.158. The number of hydrogen-bond donors (Lipinski definition) is 0. The number of benzene rings is 2. The van der Waals surface area contributed by atoms with Gasteiger partial charge in [0.25, 0.3) is 8.32 Å².